The van der Waals surface area contributed by atoms with Crippen LogP contribution in [0.2, 0.25) is 0 Å². The van der Waals surface area contributed by atoms with Gasteiger partial charge in [0.05, 0.1) is 27.0 Å². The maximum absolute atomic E-state index is 13.0. The van der Waals surface area contributed by atoms with E-state index in [9.17, 15) is 4.79 Å². The molecule has 1 aromatic heterocycles. The van der Waals surface area contributed by atoms with Crippen molar-refractivity contribution in [3.05, 3.63) is 65.2 Å². The Morgan fingerprint density at radius 3 is 2.00 bits per heavy atom. The first-order valence-corrected chi connectivity index (χ1v) is 10.9. The summed E-state index contributed by atoms with van der Waals surface area (Å²) in [4.78, 5) is 14.7. The number of nitrogens with one attached hydrogen (secondary N) is 1. The van der Waals surface area contributed by atoms with Gasteiger partial charge < -0.3 is 19.5 Å². The van der Waals surface area contributed by atoms with Crippen LogP contribution in [0.4, 0.5) is 5.69 Å². The topological polar surface area (TPSA) is 87.5 Å². The Kier molecular flexibility index (Phi) is 6.40. The second-order valence-corrected chi connectivity index (χ2v) is 8.26. The molecule has 8 heteroatoms. The highest BCUT2D eigenvalue weighted by Gasteiger charge is 2.18. The molecular formula is C26H28N4O4. The molecule has 1 heterocycles. The summed E-state index contributed by atoms with van der Waals surface area (Å²) in [5, 5.41) is 12.2. The zero-order chi connectivity index (χ0) is 24.4. The summed E-state index contributed by atoms with van der Waals surface area (Å²) >= 11 is 0. The monoisotopic (exact) mass is 460 g/mol. The first kappa shape index (κ1) is 23.1. The lowest BCUT2D eigenvalue weighted by atomic mass is 10.0. The Bertz CT molecular complexity index is 1320. The van der Waals surface area contributed by atoms with Crippen LogP contribution in [0.1, 0.15) is 41.3 Å². The number of carbonyl (C=O) groups is 1. The zero-order valence-corrected chi connectivity index (χ0v) is 20.2. The molecule has 4 rings (SSSR count). The second kappa shape index (κ2) is 9.43. The number of rotatable bonds is 7. The molecule has 0 saturated carbocycles. The fourth-order valence-corrected chi connectivity index (χ4v) is 3.72. The van der Waals surface area contributed by atoms with Gasteiger partial charge in [-0.1, -0.05) is 26.0 Å². The summed E-state index contributed by atoms with van der Waals surface area (Å²) in [7, 11) is 4.54. The average Bonchev–Trinajstić information content (AvgIpc) is 3.25. The van der Waals surface area contributed by atoms with Gasteiger partial charge in [0.15, 0.2) is 11.5 Å². The SMILES string of the molecule is COc1cc(C(=O)Nc2cc3nn(-c4ccc(C(C)C)cc4)nc3cc2C)cc(OC)c1OC. The van der Waals surface area contributed by atoms with Crippen molar-refractivity contribution in [1.82, 2.24) is 15.0 Å². The van der Waals surface area contributed by atoms with Crippen LogP contribution < -0.4 is 19.5 Å². The molecule has 0 aliphatic rings. The Balaban J connectivity index is 1.64. The predicted octanol–water partition coefficient (Wildman–Crippen LogP) is 5.13. The lowest BCUT2D eigenvalue weighted by Crippen LogP contribution is -2.13. The van der Waals surface area contributed by atoms with Crippen molar-refractivity contribution in [3.8, 4) is 22.9 Å². The van der Waals surface area contributed by atoms with Crippen LogP contribution in [-0.4, -0.2) is 42.2 Å². The zero-order valence-electron chi connectivity index (χ0n) is 20.2. The minimum atomic E-state index is -0.307. The molecule has 0 unspecified atom stereocenters. The fraction of sp³-hybridized carbons (Fsp3) is 0.269. The van der Waals surface area contributed by atoms with Crippen LogP contribution in [0.5, 0.6) is 17.2 Å². The van der Waals surface area contributed by atoms with E-state index < -0.39 is 0 Å². The molecule has 0 fully saturated rings. The summed E-state index contributed by atoms with van der Waals surface area (Å²) < 4.78 is 16.1. The largest absolute Gasteiger partial charge is 0.493 e. The predicted molar refractivity (Wildman–Crippen MR) is 132 cm³/mol. The van der Waals surface area contributed by atoms with E-state index in [4.69, 9.17) is 14.2 Å². The maximum atomic E-state index is 13.0. The molecule has 4 aromatic rings. The van der Waals surface area contributed by atoms with Gasteiger partial charge in [-0.05, 0) is 60.4 Å². The molecule has 0 bridgehead atoms. The Hall–Kier alpha value is -4.07. The summed E-state index contributed by atoms with van der Waals surface area (Å²) in [6.07, 6.45) is 0. The van der Waals surface area contributed by atoms with E-state index in [0.717, 1.165) is 16.8 Å². The number of hydrogen-bond donors (Lipinski definition) is 1. The van der Waals surface area contributed by atoms with Crippen molar-refractivity contribution in [1.29, 1.82) is 0 Å². The number of nitrogens with zero attached hydrogens (tertiary/aromatic N) is 3. The molecule has 0 saturated heterocycles. The molecule has 3 aromatic carbocycles. The highest BCUT2D eigenvalue weighted by molar-refractivity contribution is 6.06. The number of methoxy groups -OCH3 is 3. The van der Waals surface area contributed by atoms with Gasteiger partial charge in [0.1, 0.15) is 11.0 Å². The summed E-state index contributed by atoms with van der Waals surface area (Å²) in [5.74, 6) is 1.39. The van der Waals surface area contributed by atoms with Crippen LogP contribution in [0, 0.1) is 6.92 Å². The molecule has 176 valence electrons. The highest BCUT2D eigenvalue weighted by Crippen LogP contribution is 2.38. The molecule has 34 heavy (non-hydrogen) atoms. The molecule has 1 amide bonds. The van der Waals surface area contributed by atoms with Crippen molar-refractivity contribution in [3.63, 3.8) is 0 Å². The fourth-order valence-electron chi connectivity index (χ4n) is 3.72. The summed E-state index contributed by atoms with van der Waals surface area (Å²) in [5.41, 5.74) is 5.45. The summed E-state index contributed by atoms with van der Waals surface area (Å²) in [6, 6.07) is 15.1. The van der Waals surface area contributed by atoms with Crippen LogP contribution in [-0.2, 0) is 0 Å². The lowest BCUT2D eigenvalue weighted by Gasteiger charge is -2.14. The Morgan fingerprint density at radius 2 is 1.47 bits per heavy atom. The minimum Gasteiger partial charge on any atom is -0.493 e. The molecule has 1 N–H and O–H groups in total. The molecule has 0 aliphatic carbocycles. The van der Waals surface area contributed by atoms with Crippen LogP contribution >= 0.6 is 0 Å². The van der Waals surface area contributed by atoms with E-state index >= 15 is 0 Å². The smallest absolute Gasteiger partial charge is 0.255 e. The standard InChI is InChI=1S/C26H28N4O4/c1-15(2)17-7-9-19(10-8-17)30-28-21-11-16(3)20(14-22(21)29-30)27-26(31)18-12-23(32-4)25(34-6)24(13-18)33-5/h7-15H,1-6H3,(H,27,31). The average molecular weight is 461 g/mol. The third-order valence-electron chi connectivity index (χ3n) is 5.69. The number of carbonyl (C=O) groups excluding carboxylic acids is 1. The number of aryl methyl sites for hydroxylation is 1. The first-order valence-electron chi connectivity index (χ1n) is 10.9. The summed E-state index contributed by atoms with van der Waals surface area (Å²) in [6.45, 7) is 6.24. The molecule has 0 aliphatic heterocycles. The van der Waals surface area contributed by atoms with Crippen molar-refractivity contribution >= 4 is 22.6 Å². The van der Waals surface area contributed by atoms with E-state index in [1.807, 2.05) is 31.2 Å². The van der Waals surface area contributed by atoms with Crippen molar-refractivity contribution in [2.45, 2.75) is 26.7 Å². The van der Waals surface area contributed by atoms with Crippen molar-refractivity contribution in [2.75, 3.05) is 26.6 Å². The van der Waals surface area contributed by atoms with E-state index in [2.05, 4.69) is 41.5 Å². The van der Waals surface area contributed by atoms with Gasteiger partial charge in [-0.15, -0.1) is 10.2 Å². The molecule has 0 atom stereocenters. The van der Waals surface area contributed by atoms with Gasteiger partial charge in [0.2, 0.25) is 5.75 Å². The van der Waals surface area contributed by atoms with Crippen LogP contribution in [0.15, 0.2) is 48.5 Å². The lowest BCUT2D eigenvalue weighted by molar-refractivity contribution is 0.102. The van der Waals surface area contributed by atoms with Crippen molar-refractivity contribution < 1.29 is 19.0 Å². The van der Waals surface area contributed by atoms with Gasteiger partial charge in [0.25, 0.3) is 5.91 Å². The molecule has 0 radical (unpaired) electrons. The van der Waals surface area contributed by atoms with Crippen LogP contribution in [0.25, 0.3) is 16.7 Å². The van der Waals surface area contributed by atoms with E-state index in [-0.39, 0.29) is 5.91 Å². The van der Waals surface area contributed by atoms with E-state index in [1.165, 1.54) is 26.9 Å². The van der Waals surface area contributed by atoms with Crippen LogP contribution in [0.3, 0.4) is 0 Å². The Labute approximate surface area is 198 Å². The highest BCUT2D eigenvalue weighted by atomic mass is 16.5. The quantitative estimate of drug-likeness (QED) is 0.411. The van der Waals surface area contributed by atoms with Gasteiger partial charge in [-0.25, -0.2) is 0 Å². The number of amides is 1. The van der Waals surface area contributed by atoms with Gasteiger partial charge in [-0.3, -0.25) is 4.79 Å². The number of aromatic nitrogens is 3. The number of hydrogen-bond acceptors (Lipinski definition) is 6. The third-order valence-corrected chi connectivity index (χ3v) is 5.69. The van der Waals surface area contributed by atoms with Gasteiger partial charge in [0, 0.05) is 11.3 Å². The third kappa shape index (κ3) is 4.39. The molecule has 0 spiro atoms. The normalized spacial score (nSPS) is 11.0. The molecule has 8 nitrogen and oxygen atoms in total. The number of fused-ring (bicyclic) bond motifs is 1. The second-order valence-electron chi connectivity index (χ2n) is 8.26. The minimum absolute atomic E-state index is 0.307. The molecular weight excluding hydrogens is 432 g/mol. The van der Waals surface area contributed by atoms with Gasteiger partial charge in [-0.2, -0.15) is 4.80 Å². The van der Waals surface area contributed by atoms with E-state index in [1.54, 1.807) is 16.9 Å². The number of ether oxygens (including phenoxy) is 3. The number of anilines is 1. The number of benzene rings is 3. The van der Waals surface area contributed by atoms with Gasteiger partial charge >= 0.3 is 0 Å². The Morgan fingerprint density at radius 1 is 0.882 bits per heavy atom. The van der Waals surface area contributed by atoms with E-state index in [0.29, 0.717) is 39.9 Å². The maximum Gasteiger partial charge on any atom is 0.255 e. The first-order chi connectivity index (χ1) is 16.3. The van der Waals surface area contributed by atoms with Crippen molar-refractivity contribution in [2.24, 2.45) is 0 Å².